The van der Waals surface area contributed by atoms with Crippen molar-refractivity contribution in [1.82, 2.24) is 5.43 Å². The van der Waals surface area contributed by atoms with E-state index in [1.165, 1.54) is 0 Å². The minimum atomic E-state index is -0.392. The molecule has 0 fully saturated rings. The number of ether oxygens (including phenoxy) is 2. The standard InChI is InChI=1S/C18H18Cl2N2O3/c1-3-24-15-7-4-13(5-8-15)12(2)21-22-18(23)11-25-17-9-6-14(19)10-16(17)20/h4-10H,3,11H2,1-2H3,(H,22,23)/b21-12-. The van der Waals surface area contributed by atoms with Gasteiger partial charge in [-0.05, 0) is 61.9 Å². The van der Waals surface area contributed by atoms with Crippen LogP contribution in [0.1, 0.15) is 19.4 Å². The van der Waals surface area contributed by atoms with Gasteiger partial charge < -0.3 is 9.47 Å². The summed E-state index contributed by atoms with van der Waals surface area (Å²) in [6.07, 6.45) is 0. The number of rotatable bonds is 7. The molecule has 0 atom stereocenters. The van der Waals surface area contributed by atoms with Crippen LogP contribution in [0.3, 0.4) is 0 Å². The van der Waals surface area contributed by atoms with Crippen LogP contribution in [0, 0.1) is 0 Å². The van der Waals surface area contributed by atoms with Crippen molar-refractivity contribution in [3.8, 4) is 11.5 Å². The van der Waals surface area contributed by atoms with Crippen LogP contribution in [-0.4, -0.2) is 24.8 Å². The molecule has 2 aromatic carbocycles. The first-order valence-electron chi connectivity index (χ1n) is 7.63. The zero-order valence-corrected chi connectivity index (χ0v) is 15.4. The summed E-state index contributed by atoms with van der Waals surface area (Å²) in [4.78, 5) is 11.8. The van der Waals surface area contributed by atoms with Crippen LogP contribution in [0.15, 0.2) is 47.6 Å². The molecule has 0 unspecified atom stereocenters. The Balaban J connectivity index is 1.88. The zero-order chi connectivity index (χ0) is 18.2. The van der Waals surface area contributed by atoms with Gasteiger partial charge in [-0.1, -0.05) is 23.2 Å². The molecule has 2 aromatic rings. The van der Waals surface area contributed by atoms with Crippen LogP contribution in [-0.2, 0) is 4.79 Å². The van der Waals surface area contributed by atoms with Gasteiger partial charge in [-0.3, -0.25) is 4.79 Å². The number of halogens is 2. The number of benzene rings is 2. The Morgan fingerprint density at radius 2 is 1.84 bits per heavy atom. The highest BCUT2D eigenvalue weighted by Crippen LogP contribution is 2.27. The molecular formula is C18H18Cl2N2O3. The summed E-state index contributed by atoms with van der Waals surface area (Å²) < 4.78 is 10.7. The van der Waals surface area contributed by atoms with E-state index in [-0.39, 0.29) is 6.61 Å². The molecule has 0 aliphatic rings. The fourth-order valence-electron chi connectivity index (χ4n) is 1.94. The van der Waals surface area contributed by atoms with E-state index in [2.05, 4.69) is 10.5 Å². The highest BCUT2D eigenvalue weighted by Gasteiger charge is 2.06. The Kier molecular flexibility index (Phi) is 7.10. The first-order chi connectivity index (χ1) is 12.0. The third-order valence-electron chi connectivity index (χ3n) is 3.18. The largest absolute Gasteiger partial charge is 0.494 e. The Hall–Kier alpha value is -2.24. The highest BCUT2D eigenvalue weighted by atomic mass is 35.5. The van der Waals surface area contributed by atoms with Crippen molar-refractivity contribution in [2.45, 2.75) is 13.8 Å². The molecular weight excluding hydrogens is 363 g/mol. The average Bonchev–Trinajstić information content (AvgIpc) is 2.60. The summed E-state index contributed by atoms with van der Waals surface area (Å²) in [5.41, 5.74) is 3.99. The molecule has 0 heterocycles. The van der Waals surface area contributed by atoms with Gasteiger partial charge in [-0.2, -0.15) is 5.10 Å². The molecule has 0 saturated carbocycles. The summed E-state index contributed by atoms with van der Waals surface area (Å²) in [5.74, 6) is 0.779. The lowest BCUT2D eigenvalue weighted by molar-refractivity contribution is -0.123. The number of carbonyl (C=O) groups is 1. The topological polar surface area (TPSA) is 59.9 Å². The molecule has 0 bridgehead atoms. The van der Waals surface area contributed by atoms with Crippen molar-refractivity contribution < 1.29 is 14.3 Å². The molecule has 0 aromatic heterocycles. The maximum absolute atomic E-state index is 11.8. The molecule has 0 aliphatic heterocycles. The van der Waals surface area contributed by atoms with Crippen LogP contribution >= 0.6 is 23.2 Å². The van der Waals surface area contributed by atoms with E-state index in [4.69, 9.17) is 32.7 Å². The zero-order valence-electron chi connectivity index (χ0n) is 13.9. The van der Waals surface area contributed by atoms with Crippen molar-refractivity contribution in [3.05, 3.63) is 58.1 Å². The van der Waals surface area contributed by atoms with Crippen molar-refractivity contribution in [2.24, 2.45) is 5.10 Å². The molecule has 1 N–H and O–H groups in total. The van der Waals surface area contributed by atoms with Gasteiger partial charge in [0, 0.05) is 5.02 Å². The van der Waals surface area contributed by atoms with E-state index < -0.39 is 5.91 Å². The van der Waals surface area contributed by atoms with E-state index in [9.17, 15) is 4.79 Å². The Morgan fingerprint density at radius 1 is 1.12 bits per heavy atom. The summed E-state index contributed by atoms with van der Waals surface area (Å²) >= 11 is 11.8. The average molecular weight is 381 g/mol. The van der Waals surface area contributed by atoms with Gasteiger partial charge in [0.25, 0.3) is 5.91 Å². The van der Waals surface area contributed by atoms with Crippen LogP contribution < -0.4 is 14.9 Å². The van der Waals surface area contributed by atoms with Gasteiger partial charge in [-0.15, -0.1) is 0 Å². The lowest BCUT2D eigenvalue weighted by atomic mass is 10.1. The monoisotopic (exact) mass is 380 g/mol. The second-order valence-electron chi connectivity index (χ2n) is 5.05. The second kappa shape index (κ2) is 9.30. The maximum Gasteiger partial charge on any atom is 0.277 e. The molecule has 0 radical (unpaired) electrons. The van der Waals surface area contributed by atoms with Crippen LogP contribution in [0.25, 0.3) is 0 Å². The minimum absolute atomic E-state index is 0.207. The Labute approximate surface area is 156 Å². The third kappa shape index (κ3) is 5.96. The normalized spacial score (nSPS) is 11.1. The molecule has 132 valence electrons. The molecule has 7 heteroatoms. The Morgan fingerprint density at radius 3 is 2.48 bits per heavy atom. The van der Waals surface area contributed by atoms with Gasteiger partial charge in [0.1, 0.15) is 11.5 Å². The van der Waals surface area contributed by atoms with Crippen LogP contribution in [0.4, 0.5) is 0 Å². The summed E-state index contributed by atoms with van der Waals surface area (Å²) in [7, 11) is 0. The van der Waals surface area contributed by atoms with Gasteiger partial charge in [-0.25, -0.2) is 5.43 Å². The second-order valence-corrected chi connectivity index (χ2v) is 5.90. The van der Waals surface area contributed by atoms with Crippen molar-refractivity contribution >= 4 is 34.8 Å². The number of nitrogens with zero attached hydrogens (tertiary/aromatic N) is 1. The number of hydrazone groups is 1. The van der Waals surface area contributed by atoms with Crippen molar-refractivity contribution in [2.75, 3.05) is 13.2 Å². The van der Waals surface area contributed by atoms with E-state index in [0.29, 0.717) is 28.1 Å². The van der Waals surface area contributed by atoms with Crippen LogP contribution in [0.2, 0.25) is 10.0 Å². The van der Waals surface area contributed by atoms with Crippen molar-refractivity contribution in [1.29, 1.82) is 0 Å². The first-order valence-corrected chi connectivity index (χ1v) is 8.39. The van der Waals surface area contributed by atoms with E-state index in [1.54, 1.807) is 25.1 Å². The maximum atomic E-state index is 11.8. The van der Waals surface area contributed by atoms with E-state index in [0.717, 1.165) is 11.3 Å². The summed E-state index contributed by atoms with van der Waals surface area (Å²) in [5, 5.41) is 4.90. The molecule has 0 saturated heterocycles. The van der Waals surface area contributed by atoms with E-state index >= 15 is 0 Å². The smallest absolute Gasteiger partial charge is 0.277 e. The number of amides is 1. The molecule has 5 nitrogen and oxygen atoms in total. The van der Waals surface area contributed by atoms with E-state index in [1.807, 2.05) is 31.2 Å². The minimum Gasteiger partial charge on any atom is -0.494 e. The highest BCUT2D eigenvalue weighted by molar-refractivity contribution is 6.35. The lowest BCUT2D eigenvalue weighted by Gasteiger charge is -2.08. The molecule has 1 amide bonds. The lowest BCUT2D eigenvalue weighted by Crippen LogP contribution is -2.25. The first kappa shape index (κ1) is 19.1. The number of hydrogen-bond acceptors (Lipinski definition) is 4. The van der Waals surface area contributed by atoms with Gasteiger partial charge in [0.15, 0.2) is 6.61 Å². The van der Waals surface area contributed by atoms with Crippen LogP contribution in [0.5, 0.6) is 11.5 Å². The summed E-state index contributed by atoms with van der Waals surface area (Å²) in [6, 6.07) is 12.2. The summed E-state index contributed by atoms with van der Waals surface area (Å²) in [6.45, 7) is 4.13. The molecule has 2 rings (SSSR count). The molecule has 0 aliphatic carbocycles. The number of carbonyl (C=O) groups excluding carboxylic acids is 1. The van der Waals surface area contributed by atoms with Gasteiger partial charge in [0.2, 0.25) is 0 Å². The van der Waals surface area contributed by atoms with Crippen molar-refractivity contribution in [3.63, 3.8) is 0 Å². The van der Waals surface area contributed by atoms with Gasteiger partial charge >= 0.3 is 0 Å². The van der Waals surface area contributed by atoms with Gasteiger partial charge in [0.05, 0.1) is 17.3 Å². The number of nitrogens with one attached hydrogen (secondary N) is 1. The third-order valence-corrected chi connectivity index (χ3v) is 3.71. The Bertz CT molecular complexity index is 761. The number of hydrogen-bond donors (Lipinski definition) is 1. The fourth-order valence-corrected chi connectivity index (χ4v) is 2.40. The fraction of sp³-hybridized carbons (Fsp3) is 0.222. The SMILES string of the molecule is CCOc1ccc(/C(C)=N\NC(=O)COc2ccc(Cl)cc2Cl)cc1. The molecule has 25 heavy (non-hydrogen) atoms. The quantitative estimate of drug-likeness (QED) is 0.574. The predicted octanol–water partition coefficient (Wildman–Crippen LogP) is 4.31. The molecule has 0 spiro atoms. The predicted molar refractivity (Wildman–Crippen MR) is 99.9 cm³/mol.